The van der Waals surface area contributed by atoms with Crippen LogP contribution in [-0.4, -0.2) is 42.9 Å². The molecule has 1 aliphatic rings. The van der Waals surface area contributed by atoms with Gasteiger partial charge in [0.1, 0.15) is 11.6 Å². The van der Waals surface area contributed by atoms with Crippen LogP contribution in [0.1, 0.15) is 35.7 Å². The monoisotopic (exact) mass is 399 g/mol. The number of aromatic amines is 1. The number of H-pyrrole nitrogens is 1. The third kappa shape index (κ3) is 3.29. The van der Waals surface area contributed by atoms with Gasteiger partial charge >= 0.3 is 0 Å². The summed E-state index contributed by atoms with van der Waals surface area (Å²) in [7, 11) is -1.99. The molecule has 1 aromatic heterocycles. The molecule has 2 aromatic carbocycles. The van der Waals surface area contributed by atoms with Crippen molar-refractivity contribution in [2.45, 2.75) is 37.5 Å². The van der Waals surface area contributed by atoms with Crippen LogP contribution in [0.25, 0.3) is 11.0 Å². The lowest BCUT2D eigenvalue weighted by Crippen LogP contribution is -2.39. The molecule has 4 rings (SSSR count). The smallest absolute Gasteiger partial charge is 0.243 e. The fourth-order valence-electron chi connectivity index (χ4n) is 4.11. The van der Waals surface area contributed by atoms with Gasteiger partial charge in [-0.3, -0.25) is 0 Å². The summed E-state index contributed by atoms with van der Waals surface area (Å²) < 4.78 is 33.7. The lowest BCUT2D eigenvalue weighted by molar-refractivity contribution is 0.310. The third-order valence-electron chi connectivity index (χ3n) is 5.45. The van der Waals surface area contributed by atoms with Crippen molar-refractivity contribution >= 4 is 21.1 Å². The van der Waals surface area contributed by atoms with Gasteiger partial charge < -0.3 is 9.72 Å². The number of nitrogens with one attached hydrogen (secondary N) is 1. The van der Waals surface area contributed by atoms with Crippen molar-refractivity contribution in [3.63, 3.8) is 0 Å². The van der Waals surface area contributed by atoms with Gasteiger partial charge in [0.15, 0.2) is 0 Å². The first-order valence-electron chi connectivity index (χ1n) is 9.50. The van der Waals surface area contributed by atoms with Crippen LogP contribution in [0.4, 0.5) is 0 Å². The summed E-state index contributed by atoms with van der Waals surface area (Å²) in [6.07, 6.45) is 1.74. The van der Waals surface area contributed by atoms with Gasteiger partial charge in [-0.1, -0.05) is 12.1 Å². The molecule has 0 amide bonds. The number of hydrogen-bond acceptors (Lipinski definition) is 4. The Kier molecular flexibility index (Phi) is 4.89. The Bertz CT molecular complexity index is 1060. The van der Waals surface area contributed by atoms with Gasteiger partial charge in [0.05, 0.1) is 23.0 Å². The number of methoxy groups -OCH3 is 1. The van der Waals surface area contributed by atoms with E-state index in [9.17, 15) is 8.42 Å². The number of para-hydroxylation sites is 2. The molecule has 0 spiro atoms. The second kappa shape index (κ2) is 7.22. The van der Waals surface area contributed by atoms with Crippen molar-refractivity contribution in [1.82, 2.24) is 14.3 Å². The molecule has 1 aliphatic heterocycles. The van der Waals surface area contributed by atoms with Gasteiger partial charge in [-0.2, -0.15) is 4.31 Å². The van der Waals surface area contributed by atoms with Crippen molar-refractivity contribution < 1.29 is 13.2 Å². The number of ether oxygens (including phenoxy) is 1. The molecule has 2 heterocycles. The minimum absolute atomic E-state index is 0.0646. The molecule has 1 N–H and O–H groups in total. The number of imidazole rings is 1. The summed E-state index contributed by atoms with van der Waals surface area (Å²) in [6, 6.07) is 11.4. The van der Waals surface area contributed by atoms with Crippen LogP contribution in [0.5, 0.6) is 5.75 Å². The molecule has 0 saturated carbocycles. The van der Waals surface area contributed by atoms with E-state index in [2.05, 4.69) is 9.97 Å². The van der Waals surface area contributed by atoms with E-state index in [0.717, 1.165) is 29.7 Å². The molecular weight excluding hydrogens is 374 g/mol. The van der Waals surface area contributed by atoms with Crippen molar-refractivity contribution in [1.29, 1.82) is 0 Å². The van der Waals surface area contributed by atoms with Gasteiger partial charge in [0.25, 0.3) is 0 Å². The van der Waals surface area contributed by atoms with Crippen molar-refractivity contribution in [3.05, 3.63) is 53.3 Å². The Morgan fingerprint density at radius 3 is 2.57 bits per heavy atom. The molecule has 7 heteroatoms. The van der Waals surface area contributed by atoms with E-state index in [0.29, 0.717) is 34.9 Å². The van der Waals surface area contributed by atoms with E-state index in [-0.39, 0.29) is 5.92 Å². The van der Waals surface area contributed by atoms with Crippen LogP contribution in [0.3, 0.4) is 0 Å². The predicted molar refractivity (Wildman–Crippen MR) is 109 cm³/mol. The molecule has 6 nitrogen and oxygen atoms in total. The van der Waals surface area contributed by atoms with E-state index in [1.165, 1.54) is 0 Å². The molecule has 0 radical (unpaired) electrons. The highest BCUT2D eigenvalue weighted by Crippen LogP contribution is 2.33. The maximum absolute atomic E-state index is 13.4. The Morgan fingerprint density at radius 2 is 1.89 bits per heavy atom. The van der Waals surface area contributed by atoms with E-state index in [4.69, 9.17) is 4.74 Å². The number of rotatable bonds is 4. The normalized spacial score (nSPS) is 18.5. The van der Waals surface area contributed by atoms with Crippen molar-refractivity contribution in [2.75, 3.05) is 20.2 Å². The van der Waals surface area contributed by atoms with Gasteiger partial charge in [-0.05, 0) is 62.1 Å². The minimum Gasteiger partial charge on any atom is -0.497 e. The Balaban J connectivity index is 1.65. The minimum atomic E-state index is -3.58. The average molecular weight is 400 g/mol. The number of hydrogen-bond donors (Lipinski definition) is 1. The SMILES string of the molecule is COc1cc(C)c(S(=O)(=O)N2CCCC(c3nc4ccccc4[nH]3)C2)c(C)c1. The second-order valence-electron chi connectivity index (χ2n) is 7.43. The van der Waals surface area contributed by atoms with Crippen LogP contribution < -0.4 is 4.74 Å². The summed E-state index contributed by atoms with van der Waals surface area (Å²) in [6.45, 7) is 4.61. The van der Waals surface area contributed by atoms with Crippen LogP contribution in [0.2, 0.25) is 0 Å². The van der Waals surface area contributed by atoms with Crippen molar-refractivity contribution in [2.24, 2.45) is 0 Å². The zero-order chi connectivity index (χ0) is 19.9. The van der Waals surface area contributed by atoms with Gasteiger partial charge in [0, 0.05) is 19.0 Å². The van der Waals surface area contributed by atoms with E-state index in [1.807, 2.05) is 38.1 Å². The summed E-state index contributed by atoms with van der Waals surface area (Å²) in [4.78, 5) is 8.44. The number of aromatic nitrogens is 2. The molecule has 1 saturated heterocycles. The molecule has 1 unspecified atom stereocenters. The topological polar surface area (TPSA) is 75.3 Å². The third-order valence-corrected chi connectivity index (χ3v) is 7.62. The number of nitrogens with zero attached hydrogens (tertiary/aromatic N) is 2. The summed E-state index contributed by atoms with van der Waals surface area (Å²) in [5, 5.41) is 0. The second-order valence-corrected chi connectivity index (χ2v) is 9.31. The largest absolute Gasteiger partial charge is 0.497 e. The average Bonchev–Trinajstić information content (AvgIpc) is 3.11. The first-order chi connectivity index (χ1) is 13.4. The number of aryl methyl sites for hydroxylation is 2. The molecule has 148 valence electrons. The maximum Gasteiger partial charge on any atom is 0.243 e. The molecule has 28 heavy (non-hydrogen) atoms. The molecule has 1 atom stereocenters. The number of fused-ring (bicyclic) bond motifs is 1. The standard InChI is InChI=1S/C21H25N3O3S/c1-14-11-17(27-3)12-15(2)20(14)28(25,26)24-10-6-7-16(13-24)21-22-18-8-4-5-9-19(18)23-21/h4-5,8-9,11-12,16H,6-7,10,13H2,1-3H3,(H,22,23). The quantitative estimate of drug-likeness (QED) is 0.725. The number of benzene rings is 2. The van der Waals surface area contributed by atoms with Gasteiger partial charge in [-0.25, -0.2) is 13.4 Å². The first kappa shape index (κ1) is 19.0. The Morgan fingerprint density at radius 1 is 1.18 bits per heavy atom. The first-order valence-corrected chi connectivity index (χ1v) is 10.9. The lowest BCUT2D eigenvalue weighted by Gasteiger charge is -2.32. The number of sulfonamides is 1. The predicted octanol–water partition coefficient (Wildman–Crippen LogP) is 3.76. The van der Waals surface area contributed by atoms with Gasteiger partial charge in [-0.15, -0.1) is 0 Å². The molecule has 0 aliphatic carbocycles. The summed E-state index contributed by atoms with van der Waals surface area (Å²) in [5.74, 6) is 1.60. The highest BCUT2D eigenvalue weighted by Gasteiger charge is 2.34. The highest BCUT2D eigenvalue weighted by molar-refractivity contribution is 7.89. The summed E-state index contributed by atoms with van der Waals surface area (Å²) >= 11 is 0. The number of piperidine rings is 1. The zero-order valence-corrected chi connectivity index (χ0v) is 17.2. The fraction of sp³-hybridized carbons (Fsp3) is 0.381. The zero-order valence-electron chi connectivity index (χ0n) is 16.4. The van der Waals surface area contributed by atoms with Crippen LogP contribution in [-0.2, 0) is 10.0 Å². The van der Waals surface area contributed by atoms with Crippen molar-refractivity contribution in [3.8, 4) is 5.75 Å². The van der Waals surface area contributed by atoms with Crippen LogP contribution in [0, 0.1) is 13.8 Å². The maximum atomic E-state index is 13.4. The van der Waals surface area contributed by atoms with Gasteiger partial charge in [0.2, 0.25) is 10.0 Å². The van der Waals surface area contributed by atoms with E-state index >= 15 is 0 Å². The lowest BCUT2D eigenvalue weighted by atomic mass is 9.99. The Labute approximate surface area is 165 Å². The highest BCUT2D eigenvalue weighted by atomic mass is 32.2. The van der Waals surface area contributed by atoms with E-state index < -0.39 is 10.0 Å². The molecule has 0 bridgehead atoms. The summed E-state index contributed by atoms with van der Waals surface area (Å²) in [5.41, 5.74) is 3.32. The molecule has 1 fully saturated rings. The molecular formula is C21H25N3O3S. The van der Waals surface area contributed by atoms with E-state index in [1.54, 1.807) is 23.5 Å². The van der Waals surface area contributed by atoms with Crippen LogP contribution >= 0.6 is 0 Å². The molecule has 3 aromatic rings. The van der Waals surface area contributed by atoms with Crippen LogP contribution in [0.15, 0.2) is 41.3 Å². The Hall–Kier alpha value is -2.38. The fourth-order valence-corrected chi connectivity index (χ4v) is 6.05.